The molecule has 35 heavy (non-hydrogen) atoms. The molecule has 1 fully saturated rings. The largest absolute Gasteiger partial charge is 0.352 e. The molecule has 3 rings (SSSR count). The van der Waals surface area contributed by atoms with Crippen molar-refractivity contribution in [2.45, 2.75) is 51.2 Å². The second kappa shape index (κ2) is 11.6. The van der Waals surface area contributed by atoms with Crippen molar-refractivity contribution in [2.24, 2.45) is 0 Å². The summed E-state index contributed by atoms with van der Waals surface area (Å²) in [5, 5.41) is 3.36. The topological polar surface area (TPSA) is 86.8 Å². The molecule has 11 heteroatoms. The van der Waals surface area contributed by atoms with Gasteiger partial charge in [-0.25, -0.2) is 12.8 Å². The van der Waals surface area contributed by atoms with Gasteiger partial charge in [0.1, 0.15) is 18.4 Å². The van der Waals surface area contributed by atoms with Crippen LogP contribution in [0.15, 0.2) is 42.5 Å². The molecule has 0 spiro atoms. The zero-order chi connectivity index (χ0) is 25.8. The molecule has 2 aromatic rings. The first-order chi connectivity index (χ1) is 16.5. The lowest BCUT2D eigenvalue weighted by molar-refractivity contribution is -0.139. The van der Waals surface area contributed by atoms with Crippen LogP contribution in [0.25, 0.3) is 0 Å². The predicted molar refractivity (Wildman–Crippen MR) is 135 cm³/mol. The van der Waals surface area contributed by atoms with Gasteiger partial charge >= 0.3 is 0 Å². The lowest BCUT2D eigenvalue weighted by Gasteiger charge is -2.32. The van der Waals surface area contributed by atoms with E-state index in [0.717, 1.165) is 36.2 Å². The maximum Gasteiger partial charge on any atom is 0.244 e. The number of hydrogen-bond acceptors (Lipinski definition) is 4. The van der Waals surface area contributed by atoms with Crippen molar-refractivity contribution in [1.82, 2.24) is 10.2 Å². The minimum atomic E-state index is -3.92. The van der Waals surface area contributed by atoms with Crippen LogP contribution in [-0.2, 0) is 26.2 Å². The van der Waals surface area contributed by atoms with Gasteiger partial charge in [-0.1, -0.05) is 48.2 Å². The number of amides is 2. The number of nitrogens with one attached hydrogen (secondary N) is 1. The fourth-order valence-electron chi connectivity index (χ4n) is 4.04. The molecule has 0 saturated heterocycles. The summed E-state index contributed by atoms with van der Waals surface area (Å²) in [5.41, 5.74) is 0.687. The van der Waals surface area contributed by atoms with E-state index in [0.29, 0.717) is 10.6 Å². The highest BCUT2D eigenvalue weighted by Crippen LogP contribution is 2.30. The van der Waals surface area contributed by atoms with Gasteiger partial charge in [-0.3, -0.25) is 13.9 Å². The zero-order valence-electron chi connectivity index (χ0n) is 19.5. The number of nitrogens with zero attached hydrogens (tertiary/aromatic N) is 2. The summed E-state index contributed by atoms with van der Waals surface area (Å²) in [5.74, 6) is -1.37. The van der Waals surface area contributed by atoms with Gasteiger partial charge < -0.3 is 10.2 Å². The molecule has 0 aliphatic heterocycles. The van der Waals surface area contributed by atoms with Gasteiger partial charge in [-0.2, -0.15) is 0 Å². The molecule has 0 aromatic heterocycles. The average Bonchev–Trinajstić information content (AvgIpc) is 3.29. The minimum Gasteiger partial charge on any atom is -0.352 e. The third kappa shape index (κ3) is 7.32. The summed E-state index contributed by atoms with van der Waals surface area (Å²) in [6.45, 7) is 0.999. The maximum atomic E-state index is 13.5. The summed E-state index contributed by atoms with van der Waals surface area (Å²) in [6, 6.07) is 8.98. The Bertz CT molecular complexity index is 1170. The molecule has 7 nitrogen and oxygen atoms in total. The third-order valence-corrected chi connectivity index (χ3v) is 7.66. The summed E-state index contributed by atoms with van der Waals surface area (Å²) in [4.78, 5) is 27.8. The molecule has 0 bridgehead atoms. The number of benzene rings is 2. The normalized spacial score (nSPS) is 15.0. The second-order valence-corrected chi connectivity index (χ2v) is 11.4. The van der Waals surface area contributed by atoms with E-state index in [9.17, 15) is 22.4 Å². The molecule has 2 aromatic carbocycles. The van der Waals surface area contributed by atoms with Crippen molar-refractivity contribution in [3.63, 3.8) is 0 Å². The van der Waals surface area contributed by atoms with Gasteiger partial charge in [0, 0.05) is 17.6 Å². The van der Waals surface area contributed by atoms with Gasteiger partial charge in [0.15, 0.2) is 0 Å². The van der Waals surface area contributed by atoms with E-state index in [-0.39, 0.29) is 29.2 Å². The van der Waals surface area contributed by atoms with Crippen molar-refractivity contribution in [3.8, 4) is 0 Å². The summed E-state index contributed by atoms with van der Waals surface area (Å²) in [6.07, 6.45) is 4.78. The van der Waals surface area contributed by atoms with Crippen LogP contribution in [0.2, 0.25) is 10.0 Å². The number of carbonyl (C=O) groups excluding carboxylic acids is 2. The van der Waals surface area contributed by atoms with Gasteiger partial charge in [0.25, 0.3) is 0 Å². The standard InChI is InChI=1S/C24H28Cl2FN3O4S/c1-16(24(32)28-20-5-3-4-6-20)29(14-17-7-10-19(27)11-8-17)23(31)15-30(35(2,33)34)22-12-9-18(25)13-21(22)26/h7-13,16,20H,3-6,14-15H2,1-2H3,(H,28,32)/t16-/m1/s1. The van der Waals surface area contributed by atoms with E-state index < -0.39 is 34.3 Å². The van der Waals surface area contributed by atoms with Crippen LogP contribution in [0.4, 0.5) is 10.1 Å². The SMILES string of the molecule is C[C@H](C(=O)NC1CCCC1)N(Cc1ccc(F)cc1)C(=O)CN(c1ccc(Cl)cc1Cl)S(C)(=O)=O. The summed E-state index contributed by atoms with van der Waals surface area (Å²) in [7, 11) is -3.92. The quantitative estimate of drug-likeness (QED) is 0.508. The Morgan fingerprint density at radius 3 is 2.31 bits per heavy atom. The van der Waals surface area contributed by atoms with Crippen LogP contribution in [0.1, 0.15) is 38.2 Å². The highest BCUT2D eigenvalue weighted by Gasteiger charge is 2.32. The Balaban J connectivity index is 1.89. The molecule has 190 valence electrons. The number of anilines is 1. The fourth-order valence-corrected chi connectivity index (χ4v) is 5.46. The Morgan fingerprint density at radius 2 is 1.74 bits per heavy atom. The molecular weight excluding hydrogens is 516 g/mol. The second-order valence-electron chi connectivity index (χ2n) is 8.68. The van der Waals surface area contributed by atoms with Gasteiger partial charge in [-0.15, -0.1) is 0 Å². The van der Waals surface area contributed by atoms with Crippen LogP contribution in [0.3, 0.4) is 0 Å². The highest BCUT2D eigenvalue weighted by molar-refractivity contribution is 7.92. The van der Waals surface area contributed by atoms with Crippen molar-refractivity contribution >= 4 is 50.7 Å². The molecule has 2 amide bonds. The lowest BCUT2D eigenvalue weighted by Crippen LogP contribution is -2.52. The van der Waals surface area contributed by atoms with E-state index in [1.165, 1.54) is 47.4 Å². The molecule has 1 N–H and O–H groups in total. The first-order valence-corrected chi connectivity index (χ1v) is 13.8. The van der Waals surface area contributed by atoms with E-state index in [1.807, 2.05) is 0 Å². The Kier molecular flexibility index (Phi) is 9.01. The van der Waals surface area contributed by atoms with Gasteiger partial charge in [0.05, 0.1) is 17.0 Å². The zero-order valence-corrected chi connectivity index (χ0v) is 21.8. The Morgan fingerprint density at radius 1 is 1.11 bits per heavy atom. The number of rotatable bonds is 9. The van der Waals surface area contributed by atoms with Crippen LogP contribution < -0.4 is 9.62 Å². The number of sulfonamides is 1. The summed E-state index contributed by atoms with van der Waals surface area (Å²) >= 11 is 12.2. The molecule has 1 atom stereocenters. The van der Waals surface area contributed by atoms with Crippen molar-refractivity contribution in [2.75, 3.05) is 17.1 Å². The fraction of sp³-hybridized carbons (Fsp3) is 0.417. The van der Waals surface area contributed by atoms with E-state index >= 15 is 0 Å². The first-order valence-electron chi connectivity index (χ1n) is 11.2. The first kappa shape index (κ1) is 27.2. The van der Waals surface area contributed by atoms with E-state index in [4.69, 9.17) is 23.2 Å². The van der Waals surface area contributed by atoms with Crippen molar-refractivity contribution in [3.05, 3.63) is 63.9 Å². The average molecular weight is 544 g/mol. The van der Waals surface area contributed by atoms with Crippen LogP contribution in [0, 0.1) is 5.82 Å². The highest BCUT2D eigenvalue weighted by atomic mass is 35.5. The molecule has 0 unspecified atom stereocenters. The number of halogens is 3. The van der Waals surface area contributed by atoms with E-state index in [2.05, 4.69) is 5.32 Å². The number of carbonyl (C=O) groups is 2. The van der Waals surface area contributed by atoms with Crippen LogP contribution in [-0.4, -0.2) is 50.0 Å². The lowest BCUT2D eigenvalue weighted by atomic mass is 10.1. The molecule has 1 aliphatic rings. The van der Waals surface area contributed by atoms with Crippen LogP contribution in [0.5, 0.6) is 0 Å². The van der Waals surface area contributed by atoms with Crippen LogP contribution >= 0.6 is 23.2 Å². The molecule has 1 saturated carbocycles. The van der Waals surface area contributed by atoms with Crippen molar-refractivity contribution < 1.29 is 22.4 Å². The number of hydrogen-bond donors (Lipinski definition) is 1. The Labute approximate surface area is 215 Å². The van der Waals surface area contributed by atoms with Crippen molar-refractivity contribution in [1.29, 1.82) is 0 Å². The van der Waals surface area contributed by atoms with Gasteiger partial charge in [-0.05, 0) is 55.7 Å². The summed E-state index contributed by atoms with van der Waals surface area (Å²) < 4.78 is 39.5. The molecule has 0 heterocycles. The molecule has 0 radical (unpaired) electrons. The predicted octanol–water partition coefficient (Wildman–Crippen LogP) is 4.37. The van der Waals surface area contributed by atoms with E-state index in [1.54, 1.807) is 6.92 Å². The Hall–Kier alpha value is -2.36. The third-order valence-electron chi connectivity index (χ3n) is 5.99. The minimum absolute atomic E-state index is 0.00960. The maximum absolute atomic E-state index is 13.5. The van der Waals surface area contributed by atoms with Gasteiger partial charge in [0.2, 0.25) is 21.8 Å². The smallest absolute Gasteiger partial charge is 0.244 e. The molecule has 1 aliphatic carbocycles. The molecular formula is C24H28Cl2FN3O4S. The monoisotopic (exact) mass is 543 g/mol.